The van der Waals surface area contributed by atoms with Gasteiger partial charge in [-0.05, 0) is 44.6 Å². The highest BCUT2D eigenvalue weighted by Crippen LogP contribution is 2.09. The molecule has 3 heteroatoms. The van der Waals surface area contributed by atoms with Crippen molar-refractivity contribution < 1.29 is 9.53 Å². The van der Waals surface area contributed by atoms with E-state index in [-0.39, 0.29) is 5.91 Å². The van der Waals surface area contributed by atoms with Crippen molar-refractivity contribution in [2.75, 3.05) is 7.11 Å². The molecular formula is C17H21NO2. The van der Waals surface area contributed by atoms with Crippen LogP contribution < -0.4 is 5.32 Å². The number of hydrogen-bond acceptors (Lipinski definition) is 2. The van der Waals surface area contributed by atoms with Crippen LogP contribution in [0.5, 0.6) is 0 Å². The molecule has 1 aliphatic carbocycles. The number of hydrogen-bond donors (Lipinski definition) is 1. The van der Waals surface area contributed by atoms with Gasteiger partial charge in [0.2, 0.25) is 0 Å². The van der Waals surface area contributed by atoms with Gasteiger partial charge in [0.1, 0.15) is 5.76 Å². The second kappa shape index (κ2) is 8.00. The van der Waals surface area contributed by atoms with E-state index >= 15 is 0 Å². The molecular weight excluding hydrogens is 250 g/mol. The van der Waals surface area contributed by atoms with Gasteiger partial charge in [0.15, 0.2) is 0 Å². The molecule has 0 atom stereocenters. The van der Waals surface area contributed by atoms with E-state index in [1.807, 2.05) is 24.3 Å². The molecule has 0 aromatic carbocycles. The highest BCUT2D eigenvalue weighted by atomic mass is 16.5. The van der Waals surface area contributed by atoms with Crippen molar-refractivity contribution in [3.8, 4) is 0 Å². The summed E-state index contributed by atoms with van der Waals surface area (Å²) < 4.78 is 5.04. The number of ether oxygens (including phenoxy) is 1. The van der Waals surface area contributed by atoms with E-state index in [9.17, 15) is 4.79 Å². The maximum Gasteiger partial charge on any atom is 0.251 e. The van der Waals surface area contributed by atoms with Crippen LogP contribution in [0.4, 0.5) is 0 Å². The van der Waals surface area contributed by atoms with E-state index in [1.165, 1.54) is 5.57 Å². The number of amides is 1. The molecule has 1 amide bonds. The third-order valence-corrected chi connectivity index (χ3v) is 2.84. The molecule has 20 heavy (non-hydrogen) atoms. The first-order valence-electron chi connectivity index (χ1n) is 6.47. The summed E-state index contributed by atoms with van der Waals surface area (Å²) >= 11 is 0. The summed E-state index contributed by atoms with van der Waals surface area (Å²) in [6.45, 7) is 7.43. The van der Waals surface area contributed by atoms with E-state index in [2.05, 4.69) is 18.8 Å². The van der Waals surface area contributed by atoms with Crippen molar-refractivity contribution in [1.29, 1.82) is 0 Å². The van der Waals surface area contributed by atoms with Crippen LogP contribution in [0.15, 0.2) is 71.7 Å². The summed E-state index contributed by atoms with van der Waals surface area (Å²) in [4.78, 5) is 12.0. The van der Waals surface area contributed by atoms with Gasteiger partial charge in [-0.1, -0.05) is 30.4 Å². The summed E-state index contributed by atoms with van der Waals surface area (Å²) in [5.41, 5.74) is 2.65. The van der Waals surface area contributed by atoms with Crippen LogP contribution in [0.25, 0.3) is 0 Å². The molecule has 0 bridgehead atoms. The van der Waals surface area contributed by atoms with Gasteiger partial charge in [0, 0.05) is 11.3 Å². The van der Waals surface area contributed by atoms with Gasteiger partial charge < -0.3 is 10.1 Å². The van der Waals surface area contributed by atoms with Crippen molar-refractivity contribution in [2.45, 2.75) is 20.3 Å². The Hall–Kier alpha value is -2.29. The fourth-order valence-corrected chi connectivity index (χ4v) is 1.54. The summed E-state index contributed by atoms with van der Waals surface area (Å²) in [6, 6.07) is 0. The van der Waals surface area contributed by atoms with Crippen LogP contribution >= 0.6 is 0 Å². The Morgan fingerprint density at radius 2 is 2.15 bits per heavy atom. The number of allylic oxidation sites excluding steroid dienone is 8. The molecule has 0 aromatic heterocycles. The first-order chi connectivity index (χ1) is 9.56. The summed E-state index contributed by atoms with van der Waals surface area (Å²) in [5, 5.41) is 2.87. The summed E-state index contributed by atoms with van der Waals surface area (Å²) in [6.07, 6.45) is 13.8. The van der Waals surface area contributed by atoms with E-state index in [4.69, 9.17) is 4.74 Å². The second-order valence-electron chi connectivity index (χ2n) is 4.52. The average molecular weight is 271 g/mol. The van der Waals surface area contributed by atoms with Crippen molar-refractivity contribution in [1.82, 2.24) is 5.32 Å². The van der Waals surface area contributed by atoms with Crippen LogP contribution in [-0.4, -0.2) is 13.0 Å². The molecule has 1 rings (SSSR count). The predicted molar refractivity (Wildman–Crippen MR) is 82.8 cm³/mol. The highest BCUT2D eigenvalue weighted by Gasteiger charge is 2.05. The average Bonchev–Trinajstić information content (AvgIpc) is 2.64. The lowest BCUT2D eigenvalue weighted by molar-refractivity contribution is -0.116. The molecule has 3 nitrogen and oxygen atoms in total. The SMILES string of the molecule is C=C/C(=C\C=C(/C)C(=O)NC1=CC=C(C)CC=C1)OC. The minimum Gasteiger partial charge on any atom is -0.497 e. The lowest BCUT2D eigenvalue weighted by atomic mass is 10.2. The Morgan fingerprint density at radius 1 is 1.40 bits per heavy atom. The summed E-state index contributed by atoms with van der Waals surface area (Å²) in [5.74, 6) is 0.480. The lowest BCUT2D eigenvalue weighted by Crippen LogP contribution is -2.22. The number of carbonyl (C=O) groups is 1. The molecule has 0 aliphatic heterocycles. The Labute approximate surface area is 120 Å². The highest BCUT2D eigenvalue weighted by molar-refractivity contribution is 5.94. The van der Waals surface area contributed by atoms with E-state index < -0.39 is 0 Å². The minimum absolute atomic E-state index is 0.135. The standard InChI is InChI=1S/C17H21NO2/c1-5-16(20-4)12-10-14(3)17(19)18-15-8-6-7-13(2)9-11-15/h5-6,8-12H,1,7H2,2-4H3,(H,18,19)/b14-10+,16-12+. The number of carbonyl (C=O) groups excluding carboxylic acids is 1. The van der Waals surface area contributed by atoms with Gasteiger partial charge in [-0.2, -0.15) is 0 Å². The zero-order valence-electron chi connectivity index (χ0n) is 12.3. The zero-order chi connectivity index (χ0) is 15.0. The molecule has 0 fully saturated rings. The van der Waals surface area contributed by atoms with E-state index in [0.29, 0.717) is 11.3 Å². The van der Waals surface area contributed by atoms with Crippen molar-refractivity contribution in [3.63, 3.8) is 0 Å². The van der Waals surface area contributed by atoms with Gasteiger partial charge in [0.05, 0.1) is 7.11 Å². The first kappa shape index (κ1) is 15.8. The first-order valence-corrected chi connectivity index (χ1v) is 6.47. The van der Waals surface area contributed by atoms with Crippen LogP contribution in [0.1, 0.15) is 20.3 Å². The zero-order valence-corrected chi connectivity index (χ0v) is 12.3. The van der Waals surface area contributed by atoms with E-state index in [0.717, 1.165) is 12.1 Å². The van der Waals surface area contributed by atoms with Gasteiger partial charge in [-0.3, -0.25) is 4.79 Å². The molecule has 1 aliphatic rings. The Kier molecular flexibility index (Phi) is 6.30. The Morgan fingerprint density at radius 3 is 2.80 bits per heavy atom. The van der Waals surface area contributed by atoms with E-state index in [1.54, 1.807) is 32.3 Å². The molecule has 0 heterocycles. The van der Waals surface area contributed by atoms with Gasteiger partial charge in [-0.25, -0.2) is 0 Å². The third-order valence-electron chi connectivity index (χ3n) is 2.84. The smallest absolute Gasteiger partial charge is 0.251 e. The van der Waals surface area contributed by atoms with Gasteiger partial charge in [0.25, 0.3) is 5.91 Å². The second-order valence-corrected chi connectivity index (χ2v) is 4.52. The van der Waals surface area contributed by atoms with Gasteiger partial charge in [-0.15, -0.1) is 0 Å². The number of rotatable bonds is 5. The molecule has 0 saturated carbocycles. The van der Waals surface area contributed by atoms with Crippen LogP contribution in [0.2, 0.25) is 0 Å². The normalized spacial score (nSPS) is 15.9. The molecule has 0 radical (unpaired) electrons. The molecule has 0 spiro atoms. The van der Waals surface area contributed by atoms with Crippen LogP contribution in [0, 0.1) is 0 Å². The molecule has 1 N–H and O–H groups in total. The molecule has 106 valence electrons. The quantitative estimate of drug-likeness (QED) is 0.472. The number of methoxy groups -OCH3 is 1. The van der Waals surface area contributed by atoms with Crippen LogP contribution in [0.3, 0.4) is 0 Å². The Balaban J connectivity index is 2.74. The van der Waals surface area contributed by atoms with Crippen LogP contribution in [-0.2, 0) is 9.53 Å². The lowest BCUT2D eigenvalue weighted by Gasteiger charge is -2.05. The fourth-order valence-electron chi connectivity index (χ4n) is 1.54. The van der Waals surface area contributed by atoms with Crippen molar-refractivity contribution >= 4 is 5.91 Å². The minimum atomic E-state index is -0.135. The molecule has 0 aromatic rings. The molecule has 0 unspecified atom stereocenters. The van der Waals surface area contributed by atoms with Gasteiger partial charge >= 0.3 is 0 Å². The largest absolute Gasteiger partial charge is 0.497 e. The predicted octanol–water partition coefficient (Wildman–Crippen LogP) is 3.56. The molecule has 0 saturated heterocycles. The maximum absolute atomic E-state index is 12.0. The third kappa shape index (κ3) is 5.14. The maximum atomic E-state index is 12.0. The number of nitrogens with one attached hydrogen (secondary N) is 1. The Bertz CT molecular complexity index is 531. The summed E-state index contributed by atoms with van der Waals surface area (Å²) in [7, 11) is 1.56. The fraction of sp³-hybridized carbons (Fsp3) is 0.235. The monoisotopic (exact) mass is 271 g/mol. The van der Waals surface area contributed by atoms with Crippen molar-refractivity contribution in [2.24, 2.45) is 0 Å². The topological polar surface area (TPSA) is 38.3 Å². The van der Waals surface area contributed by atoms with Crippen molar-refractivity contribution in [3.05, 3.63) is 71.7 Å².